The van der Waals surface area contributed by atoms with Gasteiger partial charge in [-0.05, 0) is 6.92 Å². The van der Waals surface area contributed by atoms with Crippen molar-refractivity contribution in [2.75, 3.05) is 37.7 Å². The van der Waals surface area contributed by atoms with Crippen LogP contribution in [0.4, 0.5) is 0 Å². The van der Waals surface area contributed by atoms with Gasteiger partial charge in [0.2, 0.25) is 5.91 Å². The Morgan fingerprint density at radius 3 is 3.06 bits per heavy atom. The van der Waals surface area contributed by atoms with Crippen LogP contribution >= 0.6 is 11.8 Å². The predicted molar refractivity (Wildman–Crippen MR) is 71.2 cm³/mol. The fourth-order valence-electron chi connectivity index (χ4n) is 1.68. The predicted octanol–water partition coefficient (Wildman–Crippen LogP) is -0.284. The van der Waals surface area contributed by atoms with Gasteiger partial charge in [-0.2, -0.15) is 11.8 Å². The molecule has 0 bridgehead atoms. The largest absolute Gasteiger partial charge is 0.464 e. The first-order valence-electron chi connectivity index (χ1n) is 5.88. The number of terminal acetylenes is 1. The number of nitrogens with one attached hydrogen (secondary N) is 1. The summed E-state index contributed by atoms with van der Waals surface area (Å²) in [5.74, 6) is 3.41. The Morgan fingerprint density at radius 2 is 2.39 bits per heavy atom. The number of rotatable bonds is 5. The van der Waals surface area contributed by atoms with Crippen LogP contribution in [0.15, 0.2) is 0 Å². The summed E-state index contributed by atoms with van der Waals surface area (Å²) in [6, 6.07) is -0.469. The van der Waals surface area contributed by atoms with E-state index >= 15 is 0 Å². The zero-order chi connectivity index (χ0) is 13.4. The second-order valence-electron chi connectivity index (χ2n) is 3.74. The maximum absolute atomic E-state index is 12.0. The molecular weight excluding hydrogens is 252 g/mol. The second kappa shape index (κ2) is 8.01. The van der Waals surface area contributed by atoms with Crippen LogP contribution in [0.25, 0.3) is 0 Å². The van der Waals surface area contributed by atoms with Crippen LogP contribution < -0.4 is 5.32 Å². The summed E-state index contributed by atoms with van der Waals surface area (Å²) < 4.78 is 4.99. The highest BCUT2D eigenvalue weighted by atomic mass is 32.2. The summed E-state index contributed by atoms with van der Waals surface area (Å²) in [6.45, 7) is 3.17. The summed E-state index contributed by atoms with van der Waals surface area (Å²) in [5.41, 5.74) is 0. The van der Waals surface area contributed by atoms with E-state index in [4.69, 9.17) is 11.2 Å². The van der Waals surface area contributed by atoms with Crippen LogP contribution in [0.1, 0.15) is 6.92 Å². The third-order valence-corrected chi connectivity index (χ3v) is 3.53. The van der Waals surface area contributed by atoms with Gasteiger partial charge in [-0.3, -0.25) is 10.1 Å². The molecule has 1 heterocycles. The van der Waals surface area contributed by atoms with Crippen molar-refractivity contribution in [2.45, 2.75) is 13.0 Å². The number of ether oxygens (including phenoxy) is 1. The Morgan fingerprint density at radius 1 is 1.61 bits per heavy atom. The molecule has 1 aliphatic heterocycles. The molecule has 0 spiro atoms. The number of hydrogen-bond donors (Lipinski definition) is 1. The van der Waals surface area contributed by atoms with E-state index in [9.17, 15) is 9.59 Å². The average Bonchev–Trinajstić information content (AvgIpc) is 2.39. The fourth-order valence-corrected chi connectivity index (χ4v) is 2.71. The van der Waals surface area contributed by atoms with Gasteiger partial charge >= 0.3 is 5.97 Å². The highest BCUT2D eigenvalue weighted by Gasteiger charge is 2.33. The Balaban J connectivity index is 2.56. The quantitative estimate of drug-likeness (QED) is 0.423. The lowest BCUT2D eigenvalue weighted by Crippen LogP contribution is -2.53. The number of thioether (sulfide) groups is 1. The van der Waals surface area contributed by atoms with E-state index in [-0.39, 0.29) is 18.4 Å². The molecular formula is C12H18N2O3S. The molecule has 0 aromatic heterocycles. The monoisotopic (exact) mass is 270 g/mol. The van der Waals surface area contributed by atoms with Gasteiger partial charge in [0.1, 0.15) is 6.04 Å². The number of carbonyl (C=O) groups is 2. The minimum Gasteiger partial charge on any atom is -0.464 e. The van der Waals surface area contributed by atoms with Crippen molar-refractivity contribution in [2.24, 2.45) is 0 Å². The van der Waals surface area contributed by atoms with Crippen molar-refractivity contribution in [3.05, 3.63) is 0 Å². The molecule has 0 aromatic carbocycles. The van der Waals surface area contributed by atoms with Crippen molar-refractivity contribution < 1.29 is 14.3 Å². The van der Waals surface area contributed by atoms with E-state index in [1.165, 1.54) is 0 Å². The van der Waals surface area contributed by atoms with Crippen molar-refractivity contribution in [1.29, 1.82) is 0 Å². The third kappa shape index (κ3) is 4.24. The molecule has 1 saturated heterocycles. The molecule has 0 radical (unpaired) electrons. The van der Waals surface area contributed by atoms with Crippen LogP contribution in [0.5, 0.6) is 0 Å². The van der Waals surface area contributed by atoms with Gasteiger partial charge in [-0.25, -0.2) is 4.79 Å². The summed E-state index contributed by atoms with van der Waals surface area (Å²) in [4.78, 5) is 25.3. The Hall–Kier alpha value is -1.19. The summed E-state index contributed by atoms with van der Waals surface area (Å²) in [5, 5.41) is 2.84. The van der Waals surface area contributed by atoms with E-state index in [0.29, 0.717) is 25.4 Å². The molecule has 1 amide bonds. The van der Waals surface area contributed by atoms with Gasteiger partial charge in [0, 0.05) is 18.1 Å². The fraction of sp³-hybridized carbons (Fsp3) is 0.667. The maximum Gasteiger partial charge on any atom is 0.329 e. The van der Waals surface area contributed by atoms with E-state index < -0.39 is 6.04 Å². The standard InChI is InChI=1S/C12H18N2O3S/c1-3-5-13-8-11(15)14-6-7-18-9-10(14)12(16)17-4-2/h1,10,13H,4-9H2,2H3. The van der Waals surface area contributed by atoms with E-state index in [2.05, 4.69) is 11.2 Å². The van der Waals surface area contributed by atoms with Crippen molar-refractivity contribution in [3.63, 3.8) is 0 Å². The number of amides is 1. The highest BCUT2D eigenvalue weighted by Crippen LogP contribution is 2.17. The molecule has 1 fully saturated rings. The Bertz CT molecular complexity index is 341. The van der Waals surface area contributed by atoms with Gasteiger partial charge in [0.25, 0.3) is 0 Å². The van der Waals surface area contributed by atoms with Gasteiger partial charge in [-0.1, -0.05) is 5.92 Å². The first kappa shape index (κ1) is 14.9. The maximum atomic E-state index is 12.0. The highest BCUT2D eigenvalue weighted by molar-refractivity contribution is 7.99. The minimum atomic E-state index is -0.469. The van der Waals surface area contributed by atoms with E-state index in [1.807, 2.05) is 0 Å². The zero-order valence-electron chi connectivity index (χ0n) is 10.5. The molecule has 0 saturated carbocycles. The van der Waals surface area contributed by atoms with Crippen molar-refractivity contribution >= 4 is 23.6 Å². The van der Waals surface area contributed by atoms with Gasteiger partial charge in [-0.15, -0.1) is 6.42 Å². The zero-order valence-corrected chi connectivity index (χ0v) is 11.3. The topological polar surface area (TPSA) is 58.6 Å². The van der Waals surface area contributed by atoms with E-state index in [1.54, 1.807) is 23.6 Å². The van der Waals surface area contributed by atoms with Gasteiger partial charge in [0.05, 0.1) is 19.7 Å². The Kier molecular flexibility index (Phi) is 6.61. The molecule has 1 atom stereocenters. The minimum absolute atomic E-state index is 0.108. The molecule has 18 heavy (non-hydrogen) atoms. The van der Waals surface area contributed by atoms with Crippen LogP contribution in [0, 0.1) is 12.3 Å². The summed E-state index contributed by atoms with van der Waals surface area (Å²) in [7, 11) is 0. The second-order valence-corrected chi connectivity index (χ2v) is 4.89. The van der Waals surface area contributed by atoms with Gasteiger partial charge in [0.15, 0.2) is 0 Å². The third-order valence-electron chi connectivity index (χ3n) is 2.51. The van der Waals surface area contributed by atoms with Crippen LogP contribution in [-0.4, -0.2) is 60.6 Å². The lowest BCUT2D eigenvalue weighted by Gasteiger charge is -2.33. The lowest BCUT2D eigenvalue weighted by atomic mass is 10.2. The molecule has 100 valence electrons. The van der Waals surface area contributed by atoms with Crippen LogP contribution in [-0.2, 0) is 14.3 Å². The lowest BCUT2D eigenvalue weighted by molar-refractivity contribution is -0.153. The summed E-state index contributed by atoms with van der Waals surface area (Å²) >= 11 is 1.66. The smallest absolute Gasteiger partial charge is 0.329 e. The number of carbonyl (C=O) groups excluding carboxylic acids is 2. The first-order chi connectivity index (χ1) is 8.70. The first-order valence-corrected chi connectivity index (χ1v) is 7.04. The molecule has 1 aliphatic rings. The SMILES string of the molecule is C#CCNCC(=O)N1CCSCC1C(=O)OCC. The number of esters is 1. The van der Waals surface area contributed by atoms with Crippen LogP contribution in [0.3, 0.4) is 0 Å². The number of nitrogens with zero attached hydrogens (tertiary/aromatic N) is 1. The van der Waals surface area contributed by atoms with E-state index in [0.717, 1.165) is 5.75 Å². The molecule has 1 unspecified atom stereocenters. The normalized spacial score (nSPS) is 19.1. The van der Waals surface area contributed by atoms with Crippen LogP contribution in [0.2, 0.25) is 0 Å². The molecule has 1 N–H and O–H groups in total. The van der Waals surface area contributed by atoms with Gasteiger partial charge < -0.3 is 9.64 Å². The molecule has 6 heteroatoms. The molecule has 0 aliphatic carbocycles. The number of hydrogen-bond acceptors (Lipinski definition) is 5. The molecule has 5 nitrogen and oxygen atoms in total. The molecule has 0 aromatic rings. The summed E-state index contributed by atoms with van der Waals surface area (Å²) in [6.07, 6.45) is 5.09. The van der Waals surface area contributed by atoms with Crippen molar-refractivity contribution in [1.82, 2.24) is 10.2 Å². The molecule has 1 rings (SSSR count). The Labute approximate surface area is 112 Å². The van der Waals surface area contributed by atoms with Crippen molar-refractivity contribution in [3.8, 4) is 12.3 Å². The average molecular weight is 270 g/mol.